The average Bonchev–Trinajstić information content (AvgIpc) is 2.46. The zero-order valence-electron chi connectivity index (χ0n) is 11.2. The fraction of sp³-hybridized carbons (Fsp3) is 0.250. The summed E-state index contributed by atoms with van der Waals surface area (Å²) in [6.45, 7) is 0.826. The summed E-state index contributed by atoms with van der Waals surface area (Å²) in [7, 11) is 0. The Balaban J connectivity index is 2.09. The highest BCUT2D eigenvalue weighted by Crippen LogP contribution is 2.39. The molecule has 0 spiro atoms. The number of para-hydroxylation sites is 2. The van der Waals surface area contributed by atoms with Gasteiger partial charge in [0.25, 0.3) is 0 Å². The van der Waals surface area contributed by atoms with E-state index < -0.39 is 6.36 Å². The first kappa shape index (κ1) is 13.8. The van der Waals surface area contributed by atoms with E-state index in [9.17, 15) is 13.2 Å². The molecule has 1 N–H and O–H groups in total. The van der Waals surface area contributed by atoms with Gasteiger partial charge in [-0.25, -0.2) is 0 Å². The van der Waals surface area contributed by atoms with Crippen LogP contribution in [0, 0.1) is 0 Å². The lowest BCUT2D eigenvalue weighted by Gasteiger charge is -2.22. The summed E-state index contributed by atoms with van der Waals surface area (Å²) in [6.07, 6.45) is -2.74. The number of nitrogens with one attached hydrogen (secondary N) is 1. The fourth-order valence-corrected chi connectivity index (χ4v) is 2.64. The Morgan fingerprint density at radius 2 is 1.71 bits per heavy atom. The SMILES string of the molecule is FC(F)(F)Oc1ccccc1-c1cccc2c1NCCC2. The molecule has 0 aromatic heterocycles. The molecule has 2 nitrogen and oxygen atoms in total. The molecular formula is C16H14F3NO. The van der Waals surface area contributed by atoms with Gasteiger partial charge in [0, 0.05) is 23.4 Å². The van der Waals surface area contributed by atoms with Crippen LogP contribution in [0.15, 0.2) is 42.5 Å². The predicted molar refractivity (Wildman–Crippen MR) is 75.4 cm³/mol. The van der Waals surface area contributed by atoms with Crippen molar-refractivity contribution in [2.24, 2.45) is 0 Å². The molecule has 0 radical (unpaired) electrons. The van der Waals surface area contributed by atoms with Crippen LogP contribution < -0.4 is 10.1 Å². The van der Waals surface area contributed by atoms with Crippen molar-refractivity contribution in [2.75, 3.05) is 11.9 Å². The first-order valence-electron chi connectivity index (χ1n) is 6.75. The van der Waals surface area contributed by atoms with Gasteiger partial charge >= 0.3 is 6.36 Å². The number of ether oxygens (including phenoxy) is 1. The summed E-state index contributed by atoms with van der Waals surface area (Å²) in [5.41, 5.74) is 3.22. The molecule has 2 aromatic rings. The molecule has 0 saturated heterocycles. The molecule has 0 bridgehead atoms. The number of halogens is 3. The van der Waals surface area contributed by atoms with Crippen LogP contribution in [-0.4, -0.2) is 12.9 Å². The van der Waals surface area contributed by atoms with Crippen LogP contribution in [-0.2, 0) is 6.42 Å². The van der Waals surface area contributed by atoms with E-state index in [0.29, 0.717) is 5.56 Å². The number of fused-ring (bicyclic) bond motifs is 1. The van der Waals surface area contributed by atoms with E-state index in [4.69, 9.17) is 0 Å². The second-order valence-corrected chi connectivity index (χ2v) is 4.91. The molecule has 110 valence electrons. The van der Waals surface area contributed by atoms with Gasteiger partial charge in [0.15, 0.2) is 0 Å². The van der Waals surface area contributed by atoms with Crippen LogP contribution in [0.4, 0.5) is 18.9 Å². The Hall–Kier alpha value is -2.17. The summed E-state index contributed by atoms with van der Waals surface area (Å²) >= 11 is 0. The normalized spacial score (nSPS) is 14.2. The highest BCUT2D eigenvalue weighted by molar-refractivity contribution is 5.84. The summed E-state index contributed by atoms with van der Waals surface area (Å²) in [4.78, 5) is 0. The first-order valence-corrected chi connectivity index (χ1v) is 6.75. The molecule has 0 saturated carbocycles. The van der Waals surface area contributed by atoms with Crippen LogP contribution >= 0.6 is 0 Å². The molecular weight excluding hydrogens is 279 g/mol. The van der Waals surface area contributed by atoms with Crippen LogP contribution in [0.25, 0.3) is 11.1 Å². The van der Waals surface area contributed by atoms with E-state index in [2.05, 4.69) is 10.1 Å². The molecule has 1 heterocycles. The van der Waals surface area contributed by atoms with Crippen LogP contribution in [0.1, 0.15) is 12.0 Å². The minimum absolute atomic E-state index is 0.175. The van der Waals surface area contributed by atoms with Gasteiger partial charge in [-0.2, -0.15) is 0 Å². The molecule has 0 aliphatic carbocycles. The van der Waals surface area contributed by atoms with Crippen molar-refractivity contribution in [2.45, 2.75) is 19.2 Å². The van der Waals surface area contributed by atoms with E-state index in [1.54, 1.807) is 12.1 Å². The summed E-state index contributed by atoms with van der Waals surface area (Å²) in [5.74, 6) is -0.175. The topological polar surface area (TPSA) is 21.3 Å². The zero-order valence-corrected chi connectivity index (χ0v) is 11.2. The van der Waals surface area contributed by atoms with Crippen LogP contribution in [0.2, 0.25) is 0 Å². The number of anilines is 1. The minimum atomic E-state index is -4.70. The van der Waals surface area contributed by atoms with Gasteiger partial charge in [-0.3, -0.25) is 0 Å². The zero-order chi connectivity index (χ0) is 14.9. The molecule has 2 aromatic carbocycles. The monoisotopic (exact) mass is 293 g/mol. The van der Waals surface area contributed by atoms with E-state index in [0.717, 1.165) is 36.2 Å². The van der Waals surface area contributed by atoms with Crippen LogP contribution in [0.5, 0.6) is 5.75 Å². The number of hydrogen-bond donors (Lipinski definition) is 1. The van der Waals surface area contributed by atoms with E-state index in [-0.39, 0.29) is 5.75 Å². The van der Waals surface area contributed by atoms with Crippen molar-refractivity contribution in [3.05, 3.63) is 48.0 Å². The molecule has 5 heteroatoms. The van der Waals surface area contributed by atoms with Gasteiger partial charge in [0.2, 0.25) is 0 Å². The third-order valence-electron chi connectivity index (χ3n) is 3.48. The number of alkyl halides is 3. The third-order valence-corrected chi connectivity index (χ3v) is 3.48. The highest BCUT2D eigenvalue weighted by atomic mass is 19.4. The lowest BCUT2D eigenvalue weighted by molar-refractivity contribution is -0.274. The van der Waals surface area contributed by atoms with Gasteiger partial charge in [0.1, 0.15) is 5.75 Å². The number of aryl methyl sites for hydroxylation is 1. The smallest absolute Gasteiger partial charge is 0.405 e. The second-order valence-electron chi connectivity index (χ2n) is 4.91. The fourth-order valence-electron chi connectivity index (χ4n) is 2.64. The number of rotatable bonds is 2. The predicted octanol–water partition coefficient (Wildman–Crippen LogP) is 4.61. The van der Waals surface area contributed by atoms with Crippen LogP contribution in [0.3, 0.4) is 0 Å². The van der Waals surface area contributed by atoms with Gasteiger partial charge in [-0.15, -0.1) is 13.2 Å². The second kappa shape index (κ2) is 5.31. The van der Waals surface area contributed by atoms with Crippen molar-refractivity contribution in [3.8, 4) is 16.9 Å². The minimum Gasteiger partial charge on any atom is -0.405 e. The molecule has 21 heavy (non-hydrogen) atoms. The molecule has 1 aliphatic rings. The Bertz CT molecular complexity index is 652. The van der Waals surface area contributed by atoms with Gasteiger partial charge in [-0.05, 0) is 24.5 Å². The summed E-state index contributed by atoms with van der Waals surface area (Å²) in [5, 5.41) is 3.28. The first-order chi connectivity index (χ1) is 10.0. The Kier molecular flexibility index (Phi) is 3.49. The van der Waals surface area contributed by atoms with Crippen molar-refractivity contribution < 1.29 is 17.9 Å². The standard InChI is InChI=1S/C16H14F3NO/c17-16(18,19)21-14-9-2-1-7-12(14)13-8-3-5-11-6-4-10-20-15(11)13/h1-3,5,7-9,20H,4,6,10H2. The van der Waals surface area contributed by atoms with Crippen molar-refractivity contribution in [3.63, 3.8) is 0 Å². The molecule has 0 atom stereocenters. The molecule has 3 rings (SSSR count). The maximum absolute atomic E-state index is 12.5. The average molecular weight is 293 g/mol. The van der Waals surface area contributed by atoms with Gasteiger partial charge in [-0.1, -0.05) is 36.4 Å². The molecule has 1 aliphatic heterocycles. The van der Waals surface area contributed by atoms with E-state index in [1.807, 2.05) is 18.2 Å². The van der Waals surface area contributed by atoms with E-state index >= 15 is 0 Å². The maximum atomic E-state index is 12.5. The third kappa shape index (κ3) is 2.96. The maximum Gasteiger partial charge on any atom is 0.573 e. The molecule has 0 unspecified atom stereocenters. The largest absolute Gasteiger partial charge is 0.573 e. The Morgan fingerprint density at radius 1 is 0.952 bits per heavy atom. The van der Waals surface area contributed by atoms with Crippen molar-refractivity contribution in [1.29, 1.82) is 0 Å². The van der Waals surface area contributed by atoms with Crippen molar-refractivity contribution >= 4 is 5.69 Å². The van der Waals surface area contributed by atoms with E-state index in [1.165, 1.54) is 12.1 Å². The number of benzene rings is 2. The lowest BCUT2D eigenvalue weighted by Crippen LogP contribution is -2.18. The molecule has 0 fully saturated rings. The number of hydrogen-bond acceptors (Lipinski definition) is 2. The highest BCUT2D eigenvalue weighted by Gasteiger charge is 2.32. The Morgan fingerprint density at radius 3 is 2.52 bits per heavy atom. The summed E-state index contributed by atoms with van der Waals surface area (Å²) in [6, 6.07) is 11.9. The van der Waals surface area contributed by atoms with Gasteiger partial charge < -0.3 is 10.1 Å². The van der Waals surface area contributed by atoms with Crippen molar-refractivity contribution in [1.82, 2.24) is 0 Å². The molecule has 0 amide bonds. The lowest BCUT2D eigenvalue weighted by atomic mass is 9.95. The summed E-state index contributed by atoms with van der Waals surface area (Å²) < 4.78 is 41.8. The Labute approximate surface area is 120 Å². The quantitative estimate of drug-likeness (QED) is 0.873. The van der Waals surface area contributed by atoms with Gasteiger partial charge in [0.05, 0.1) is 0 Å².